The summed E-state index contributed by atoms with van der Waals surface area (Å²) in [6.45, 7) is 11.6. The van der Waals surface area contributed by atoms with Crippen molar-refractivity contribution in [1.82, 2.24) is 0 Å². The maximum absolute atomic E-state index is 10.6. The zero-order chi connectivity index (χ0) is 25.2. The summed E-state index contributed by atoms with van der Waals surface area (Å²) in [4.78, 5) is 10.6. The monoisotopic (exact) mass is 490 g/mol. The summed E-state index contributed by atoms with van der Waals surface area (Å²) in [5.74, 6) is 0. The summed E-state index contributed by atoms with van der Waals surface area (Å²) in [5, 5.41) is 20.3. The van der Waals surface area contributed by atoms with Crippen molar-refractivity contribution in [1.29, 1.82) is 0 Å². The molecule has 10 atom stereocenters. The third-order valence-electron chi connectivity index (χ3n) is 8.10. The van der Waals surface area contributed by atoms with Crippen molar-refractivity contribution < 1.29 is 34.0 Å². The number of aliphatic hydroxyl groups is 2. The molecule has 4 aliphatic heterocycles. The van der Waals surface area contributed by atoms with Gasteiger partial charge in [0.15, 0.2) is 0 Å². The van der Waals surface area contributed by atoms with E-state index in [4.69, 9.17) is 18.9 Å². The van der Waals surface area contributed by atoms with Crippen molar-refractivity contribution in [2.45, 2.75) is 132 Å². The molecular formula is C28H42O7. The number of aliphatic hydroxyl groups excluding tert-OH is 2. The van der Waals surface area contributed by atoms with Crippen molar-refractivity contribution >= 4 is 6.29 Å². The zero-order valence-corrected chi connectivity index (χ0v) is 21.1. The highest BCUT2D eigenvalue weighted by Crippen LogP contribution is 2.49. The van der Waals surface area contributed by atoms with Crippen LogP contribution in [-0.2, 0) is 23.7 Å². The van der Waals surface area contributed by atoms with Gasteiger partial charge in [-0.05, 0) is 57.9 Å². The van der Waals surface area contributed by atoms with Crippen LogP contribution < -0.4 is 0 Å². The van der Waals surface area contributed by atoms with E-state index in [0.29, 0.717) is 30.2 Å². The van der Waals surface area contributed by atoms with Crippen LogP contribution in [0, 0.1) is 0 Å². The van der Waals surface area contributed by atoms with Crippen molar-refractivity contribution in [2.75, 3.05) is 0 Å². The SMILES string of the molecule is C=C/C=C\CC[C@@H]1O[C@@]1(C)CC[C@@H]1O[C@H]1CC[C@]1(C)O[C@H]1C[C@@H]1O[C@H]1[C@@H](O)C[C@H](O)CC(=C)C=O. The molecule has 0 amide bonds. The van der Waals surface area contributed by atoms with Crippen molar-refractivity contribution in [3.8, 4) is 0 Å². The lowest BCUT2D eigenvalue weighted by Gasteiger charge is -2.13. The third-order valence-corrected chi connectivity index (χ3v) is 8.10. The van der Waals surface area contributed by atoms with Gasteiger partial charge in [-0.25, -0.2) is 0 Å². The molecular weight excluding hydrogens is 448 g/mol. The summed E-state index contributed by atoms with van der Waals surface area (Å²) in [5.41, 5.74) is 0.197. The van der Waals surface area contributed by atoms with Crippen LogP contribution in [0.15, 0.2) is 37.0 Å². The molecule has 4 heterocycles. The fraction of sp³-hybridized carbons (Fsp3) is 0.750. The van der Waals surface area contributed by atoms with Crippen LogP contribution >= 0.6 is 0 Å². The smallest absolute Gasteiger partial charge is 0.145 e. The van der Waals surface area contributed by atoms with Crippen LogP contribution in [0.1, 0.15) is 71.6 Å². The Balaban J connectivity index is 1.05. The molecule has 4 aliphatic rings. The fourth-order valence-corrected chi connectivity index (χ4v) is 5.41. The lowest BCUT2D eigenvalue weighted by atomic mass is 9.93. The summed E-state index contributed by atoms with van der Waals surface area (Å²) in [6.07, 6.45) is 13.1. The van der Waals surface area contributed by atoms with Crippen LogP contribution in [-0.4, -0.2) is 76.5 Å². The van der Waals surface area contributed by atoms with Gasteiger partial charge in [-0.3, -0.25) is 4.79 Å². The van der Waals surface area contributed by atoms with Gasteiger partial charge in [0.05, 0.1) is 53.9 Å². The van der Waals surface area contributed by atoms with E-state index in [0.717, 1.165) is 44.9 Å². The number of hydrogen-bond acceptors (Lipinski definition) is 7. The first-order chi connectivity index (χ1) is 16.7. The topological polar surface area (TPSA) is 108 Å². The first-order valence-corrected chi connectivity index (χ1v) is 13.1. The van der Waals surface area contributed by atoms with E-state index < -0.39 is 12.2 Å². The Kier molecular flexibility index (Phi) is 8.36. The van der Waals surface area contributed by atoms with Crippen LogP contribution in [0.25, 0.3) is 0 Å². The van der Waals surface area contributed by atoms with Gasteiger partial charge >= 0.3 is 0 Å². The molecule has 4 fully saturated rings. The molecule has 0 unspecified atom stereocenters. The number of ether oxygens (including phenoxy) is 4. The lowest BCUT2D eigenvalue weighted by Crippen LogP contribution is -2.25. The average Bonchev–Trinajstić information content (AvgIpc) is 3.66. The molecule has 0 aromatic carbocycles. The molecule has 2 N–H and O–H groups in total. The van der Waals surface area contributed by atoms with E-state index in [2.05, 4.69) is 33.1 Å². The molecule has 0 aromatic heterocycles. The number of aldehydes is 1. The van der Waals surface area contributed by atoms with Crippen molar-refractivity contribution in [2.24, 2.45) is 0 Å². The Morgan fingerprint density at radius 1 is 1.00 bits per heavy atom. The van der Waals surface area contributed by atoms with Gasteiger partial charge in [-0.15, -0.1) is 0 Å². The minimum atomic E-state index is -0.791. The van der Waals surface area contributed by atoms with Crippen molar-refractivity contribution in [3.63, 3.8) is 0 Å². The van der Waals surface area contributed by atoms with Crippen LogP contribution in [0.3, 0.4) is 0 Å². The second kappa shape index (κ2) is 11.0. The van der Waals surface area contributed by atoms with Gasteiger partial charge in [0.25, 0.3) is 0 Å². The Morgan fingerprint density at radius 2 is 1.66 bits per heavy atom. The highest BCUT2D eigenvalue weighted by Gasteiger charge is 2.58. The minimum Gasteiger partial charge on any atom is -0.393 e. The quantitative estimate of drug-likeness (QED) is 0.131. The summed E-state index contributed by atoms with van der Waals surface area (Å²) in [7, 11) is 0. The molecule has 0 spiro atoms. The number of carbonyl (C=O) groups is 1. The van der Waals surface area contributed by atoms with Gasteiger partial charge in [-0.1, -0.05) is 31.4 Å². The summed E-state index contributed by atoms with van der Waals surface area (Å²) >= 11 is 0. The number of rotatable bonds is 18. The van der Waals surface area contributed by atoms with E-state index in [1.165, 1.54) is 0 Å². The maximum atomic E-state index is 10.6. The molecule has 7 nitrogen and oxygen atoms in total. The molecule has 4 saturated heterocycles. The normalized spacial score (nSPS) is 40.8. The second-order valence-electron chi connectivity index (χ2n) is 11.2. The number of epoxide rings is 4. The summed E-state index contributed by atoms with van der Waals surface area (Å²) in [6, 6.07) is 0. The van der Waals surface area contributed by atoms with E-state index >= 15 is 0 Å². The largest absolute Gasteiger partial charge is 0.393 e. The Hall–Kier alpha value is -1.35. The Morgan fingerprint density at radius 3 is 2.31 bits per heavy atom. The highest BCUT2D eigenvalue weighted by molar-refractivity contribution is 5.71. The maximum Gasteiger partial charge on any atom is 0.145 e. The fourth-order valence-electron chi connectivity index (χ4n) is 5.41. The van der Waals surface area contributed by atoms with E-state index in [9.17, 15) is 15.0 Å². The first kappa shape index (κ1) is 26.7. The molecule has 0 bridgehead atoms. The van der Waals surface area contributed by atoms with Crippen LogP contribution in [0.5, 0.6) is 0 Å². The molecule has 35 heavy (non-hydrogen) atoms. The Bertz CT molecular complexity index is 811. The lowest BCUT2D eigenvalue weighted by molar-refractivity contribution is -0.105. The number of carbonyl (C=O) groups excluding carboxylic acids is 1. The van der Waals surface area contributed by atoms with E-state index in [1.807, 2.05) is 6.08 Å². The van der Waals surface area contributed by atoms with E-state index in [-0.39, 0.29) is 42.4 Å². The van der Waals surface area contributed by atoms with Gasteiger partial charge in [0.2, 0.25) is 0 Å². The predicted octanol–water partition coefficient (Wildman–Crippen LogP) is 3.57. The second-order valence-corrected chi connectivity index (χ2v) is 11.2. The molecule has 0 saturated carbocycles. The van der Waals surface area contributed by atoms with Gasteiger partial charge < -0.3 is 29.2 Å². The molecule has 4 rings (SSSR count). The van der Waals surface area contributed by atoms with Crippen LogP contribution in [0.2, 0.25) is 0 Å². The van der Waals surface area contributed by atoms with Crippen LogP contribution in [0.4, 0.5) is 0 Å². The number of allylic oxidation sites excluding steroid dienone is 3. The standard InChI is InChI=1S/C28H42O7/c1-5-6-7-8-9-24-27(3,34-24)12-10-21-22(32-21)11-13-28(4)25(35-28)16-23-26(33-23)20(31)15-19(30)14-18(2)17-29/h5-7,17,19-26,30-31H,1-2,8-16H2,3-4H3/b7-6-/t19-,20+,21+,22+,23+,24+,25+,26+,27+,28+/m1/s1. The Labute approximate surface area is 209 Å². The van der Waals surface area contributed by atoms with Crippen molar-refractivity contribution in [3.05, 3.63) is 37.0 Å². The molecule has 7 heteroatoms. The highest BCUT2D eigenvalue weighted by atomic mass is 16.6. The zero-order valence-electron chi connectivity index (χ0n) is 21.1. The molecule has 196 valence electrons. The summed E-state index contributed by atoms with van der Waals surface area (Å²) < 4.78 is 23.5. The van der Waals surface area contributed by atoms with E-state index in [1.54, 1.807) is 6.08 Å². The first-order valence-electron chi connectivity index (χ1n) is 13.1. The number of hydrogen-bond donors (Lipinski definition) is 2. The molecule has 0 aliphatic carbocycles. The van der Waals surface area contributed by atoms with Gasteiger partial charge in [0.1, 0.15) is 12.4 Å². The van der Waals surface area contributed by atoms with Gasteiger partial charge in [-0.2, -0.15) is 0 Å². The van der Waals surface area contributed by atoms with Gasteiger partial charge in [0, 0.05) is 19.3 Å². The minimum absolute atomic E-state index is 0.0130. The molecule has 0 aromatic rings. The predicted molar refractivity (Wildman–Crippen MR) is 132 cm³/mol. The average molecular weight is 491 g/mol. The third kappa shape index (κ3) is 7.34. The molecule has 0 radical (unpaired) electrons.